The highest BCUT2D eigenvalue weighted by atomic mass is 16.5. The van der Waals surface area contributed by atoms with Crippen molar-refractivity contribution in [1.29, 1.82) is 0 Å². The quantitative estimate of drug-likeness (QED) is 0.485. The maximum atomic E-state index is 12.8. The van der Waals surface area contributed by atoms with E-state index in [1.54, 1.807) is 24.3 Å². The first-order valence-electron chi connectivity index (χ1n) is 10.4. The Bertz CT molecular complexity index is 1010. The second kappa shape index (κ2) is 10.4. The maximum Gasteiger partial charge on any atom is 0.302 e. The molecule has 1 heterocycles. The minimum Gasteiger partial charge on any atom is -0.464 e. The molecule has 1 aliphatic heterocycles. The van der Waals surface area contributed by atoms with E-state index in [2.05, 4.69) is 29.4 Å². The zero-order chi connectivity index (χ0) is 22.2. The molecule has 160 valence electrons. The number of rotatable bonds is 8. The highest BCUT2D eigenvalue weighted by molar-refractivity contribution is 6.04. The zero-order valence-electron chi connectivity index (χ0n) is 17.9. The molecule has 0 aliphatic carbocycles. The van der Waals surface area contributed by atoms with Crippen molar-refractivity contribution in [3.05, 3.63) is 90.5 Å². The first-order valence-corrected chi connectivity index (χ1v) is 10.4. The van der Waals surface area contributed by atoms with Crippen molar-refractivity contribution in [2.45, 2.75) is 19.8 Å². The molecule has 0 radical (unpaired) electrons. The van der Waals surface area contributed by atoms with E-state index in [1.807, 2.05) is 30.3 Å². The van der Waals surface area contributed by atoms with Gasteiger partial charge in [0.2, 0.25) is 0 Å². The van der Waals surface area contributed by atoms with Gasteiger partial charge in [-0.15, -0.1) is 0 Å². The fourth-order valence-corrected chi connectivity index (χ4v) is 3.69. The molecule has 5 nitrogen and oxygen atoms in total. The number of benzene rings is 2. The smallest absolute Gasteiger partial charge is 0.302 e. The third-order valence-electron chi connectivity index (χ3n) is 5.22. The molecule has 3 rings (SSSR count). The second-order valence-corrected chi connectivity index (χ2v) is 7.37. The predicted molar refractivity (Wildman–Crippen MR) is 126 cm³/mol. The summed E-state index contributed by atoms with van der Waals surface area (Å²) >= 11 is 0. The number of nitrogens with one attached hydrogen (secondary N) is 1. The zero-order valence-corrected chi connectivity index (χ0v) is 17.9. The summed E-state index contributed by atoms with van der Waals surface area (Å²) in [4.78, 5) is 26.0. The minimum absolute atomic E-state index is 0.165. The van der Waals surface area contributed by atoms with Crippen molar-refractivity contribution < 1.29 is 14.3 Å². The van der Waals surface area contributed by atoms with Crippen LogP contribution in [0.25, 0.3) is 5.57 Å². The van der Waals surface area contributed by atoms with Gasteiger partial charge in [0.15, 0.2) is 0 Å². The van der Waals surface area contributed by atoms with E-state index in [1.165, 1.54) is 12.5 Å². The van der Waals surface area contributed by atoms with Gasteiger partial charge in [0.1, 0.15) is 6.61 Å². The molecule has 0 saturated heterocycles. The first kappa shape index (κ1) is 22.1. The number of allylic oxidation sites excluding steroid dienone is 4. The molecule has 0 saturated carbocycles. The number of anilines is 2. The van der Waals surface area contributed by atoms with Crippen LogP contribution in [0.5, 0.6) is 0 Å². The standard InChI is InChI=1S/C26H28N2O3/c1-4-7-20(5-2)21-9-11-23(12-10-21)26(30)27-24-14-13-22-8-6-15-28(25(22)18-24)16-17-31-19(3)29/h4-5,7,9-14,18H,1-2,6,8,15-17H2,3H3,(H,27,30)/b20-7+. The number of hydrogen-bond acceptors (Lipinski definition) is 4. The predicted octanol–water partition coefficient (Wildman–Crippen LogP) is 5.01. The van der Waals surface area contributed by atoms with Gasteiger partial charge >= 0.3 is 5.97 Å². The Kier molecular flexibility index (Phi) is 7.44. The van der Waals surface area contributed by atoms with Gasteiger partial charge in [-0.25, -0.2) is 0 Å². The molecule has 1 aliphatic rings. The van der Waals surface area contributed by atoms with Gasteiger partial charge < -0.3 is 15.0 Å². The van der Waals surface area contributed by atoms with Crippen LogP contribution >= 0.6 is 0 Å². The molecule has 0 atom stereocenters. The van der Waals surface area contributed by atoms with E-state index in [0.717, 1.165) is 41.9 Å². The Balaban J connectivity index is 1.72. The van der Waals surface area contributed by atoms with Crippen molar-refractivity contribution in [1.82, 2.24) is 0 Å². The summed E-state index contributed by atoms with van der Waals surface area (Å²) in [6, 6.07) is 13.4. The number of carbonyl (C=O) groups excluding carboxylic acids is 2. The van der Waals surface area contributed by atoms with E-state index < -0.39 is 0 Å². The van der Waals surface area contributed by atoms with Crippen LogP contribution in [0.15, 0.2) is 73.9 Å². The SMILES string of the molecule is C=C/C=C(\C=C)c1ccc(C(=O)Nc2ccc3c(c2)N(CCOC(C)=O)CCC3)cc1. The fraction of sp³-hybridized carbons (Fsp3) is 0.231. The van der Waals surface area contributed by atoms with Crippen LogP contribution in [-0.4, -0.2) is 31.6 Å². The van der Waals surface area contributed by atoms with Crippen LogP contribution in [0.1, 0.15) is 34.8 Å². The summed E-state index contributed by atoms with van der Waals surface area (Å²) in [5.41, 5.74) is 5.56. The van der Waals surface area contributed by atoms with Gasteiger partial charge in [-0.1, -0.05) is 49.6 Å². The van der Waals surface area contributed by atoms with Crippen molar-refractivity contribution in [3.8, 4) is 0 Å². The van der Waals surface area contributed by atoms with Crippen LogP contribution in [0.2, 0.25) is 0 Å². The molecule has 0 fully saturated rings. The van der Waals surface area contributed by atoms with Crippen molar-refractivity contribution >= 4 is 28.8 Å². The van der Waals surface area contributed by atoms with Gasteiger partial charge in [0.25, 0.3) is 5.91 Å². The number of amides is 1. The van der Waals surface area contributed by atoms with Crippen molar-refractivity contribution in [2.75, 3.05) is 29.9 Å². The van der Waals surface area contributed by atoms with Gasteiger partial charge in [0.05, 0.1) is 6.54 Å². The Morgan fingerprint density at radius 1 is 1.13 bits per heavy atom. The van der Waals surface area contributed by atoms with Crippen molar-refractivity contribution in [3.63, 3.8) is 0 Å². The van der Waals surface area contributed by atoms with E-state index in [0.29, 0.717) is 18.7 Å². The average molecular weight is 417 g/mol. The number of ether oxygens (including phenoxy) is 1. The number of aryl methyl sites for hydroxylation is 1. The molecule has 0 bridgehead atoms. The number of nitrogens with zero attached hydrogens (tertiary/aromatic N) is 1. The van der Waals surface area contributed by atoms with E-state index in [4.69, 9.17) is 4.74 Å². The van der Waals surface area contributed by atoms with Crippen LogP contribution < -0.4 is 10.2 Å². The number of fused-ring (bicyclic) bond motifs is 1. The van der Waals surface area contributed by atoms with Crippen LogP contribution in [0.3, 0.4) is 0 Å². The lowest BCUT2D eigenvalue weighted by Gasteiger charge is -2.31. The normalized spacial score (nSPS) is 13.2. The highest BCUT2D eigenvalue weighted by Crippen LogP contribution is 2.30. The average Bonchev–Trinajstić information content (AvgIpc) is 2.77. The number of esters is 1. The third kappa shape index (κ3) is 5.72. The molecule has 5 heteroatoms. The third-order valence-corrected chi connectivity index (χ3v) is 5.22. The lowest BCUT2D eigenvalue weighted by molar-refractivity contribution is -0.140. The lowest BCUT2D eigenvalue weighted by Crippen LogP contribution is -2.33. The summed E-state index contributed by atoms with van der Waals surface area (Å²) in [7, 11) is 0. The van der Waals surface area contributed by atoms with Crippen LogP contribution in [0.4, 0.5) is 11.4 Å². The van der Waals surface area contributed by atoms with Gasteiger partial charge in [-0.3, -0.25) is 9.59 Å². The lowest BCUT2D eigenvalue weighted by atomic mass is 10.0. The van der Waals surface area contributed by atoms with E-state index in [-0.39, 0.29) is 11.9 Å². The molecule has 2 aromatic carbocycles. The van der Waals surface area contributed by atoms with E-state index in [9.17, 15) is 9.59 Å². The summed E-state index contributed by atoms with van der Waals surface area (Å²) in [5, 5.41) is 2.99. The minimum atomic E-state index is -0.274. The first-order chi connectivity index (χ1) is 15.0. The fourth-order valence-electron chi connectivity index (χ4n) is 3.69. The molecular formula is C26H28N2O3. The molecule has 1 amide bonds. The molecule has 0 aromatic heterocycles. The second-order valence-electron chi connectivity index (χ2n) is 7.37. The Hall–Kier alpha value is -3.60. The van der Waals surface area contributed by atoms with Gasteiger partial charge in [0, 0.05) is 30.4 Å². The number of hydrogen-bond donors (Lipinski definition) is 1. The molecule has 31 heavy (non-hydrogen) atoms. The molecule has 2 aromatic rings. The highest BCUT2D eigenvalue weighted by Gasteiger charge is 2.18. The van der Waals surface area contributed by atoms with Crippen LogP contribution in [-0.2, 0) is 16.0 Å². The van der Waals surface area contributed by atoms with Crippen molar-refractivity contribution in [2.24, 2.45) is 0 Å². The summed E-state index contributed by atoms with van der Waals surface area (Å²) in [6.45, 7) is 10.8. The molecule has 0 spiro atoms. The summed E-state index contributed by atoms with van der Waals surface area (Å²) < 4.78 is 5.10. The van der Waals surface area contributed by atoms with Gasteiger partial charge in [-0.2, -0.15) is 0 Å². The molecule has 1 N–H and O–H groups in total. The van der Waals surface area contributed by atoms with E-state index >= 15 is 0 Å². The summed E-state index contributed by atoms with van der Waals surface area (Å²) in [5.74, 6) is -0.439. The van der Waals surface area contributed by atoms with Crippen LogP contribution in [0, 0.1) is 0 Å². The Morgan fingerprint density at radius 3 is 2.55 bits per heavy atom. The monoisotopic (exact) mass is 416 g/mol. The summed E-state index contributed by atoms with van der Waals surface area (Å²) in [6.07, 6.45) is 7.40. The molecular weight excluding hydrogens is 388 g/mol. The largest absolute Gasteiger partial charge is 0.464 e. The van der Waals surface area contributed by atoms with Gasteiger partial charge in [-0.05, 0) is 53.8 Å². The number of carbonyl (C=O) groups is 2. The topological polar surface area (TPSA) is 58.6 Å². The Morgan fingerprint density at radius 2 is 1.87 bits per heavy atom. The Labute approximate surface area is 183 Å². The molecule has 0 unspecified atom stereocenters. The maximum absolute atomic E-state index is 12.8.